The molecule has 94 valence electrons. The molecule has 1 aliphatic carbocycles. The lowest BCUT2D eigenvalue weighted by Crippen LogP contribution is -2.14. The first-order valence-electron chi connectivity index (χ1n) is 6.57. The highest BCUT2D eigenvalue weighted by atomic mass is 15.3. The Labute approximate surface area is 108 Å². The fourth-order valence-corrected chi connectivity index (χ4v) is 2.01. The quantitative estimate of drug-likeness (QED) is 0.892. The van der Waals surface area contributed by atoms with Crippen LogP contribution in [0.4, 0.5) is 0 Å². The van der Waals surface area contributed by atoms with Gasteiger partial charge in [-0.15, -0.1) is 0 Å². The minimum absolute atomic E-state index is 0.745. The molecule has 1 aromatic carbocycles. The zero-order valence-corrected chi connectivity index (χ0v) is 11.0. The van der Waals surface area contributed by atoms with Crippen molar-refractivity contribution in [3.8, 4) is 5.69 Å². The normalized spacial score (nSPS) is 15.0. The molecule has 3 rings (SSSR count). The largest absolute Gasteiger partial charge is 0.310 e. The van der Waals surface area contributed by atoms with Crippen LogP contribution in [0.1, 0.15) is 29.5 Å². The fraction of sp³-hybridized carbons (Fsp3) is 0.400. The topological polar surface area (TPSA) is 29.9 Å². The summed E-state index contributed by atoms with van der Waals surface area (Å²) in [5, 5.41) is 7.94. The van der Waals surface area contributed by atoms with Crippen LogP contribution in [0.2, 0.25) is 0 Å². The van der Waals surface area contributed by atoms with Crippen molar-refractivity contribution in [2.24, 2.45) is 0 Å². The summed E-state index contributed by atoms with van der Waals surface area (Å²) in [7, 11) is 0. The number of nitrogens with one attached hydrogen (secondary N) is 1. The van der Waals surface area contributed by atoms with E-state index in [1.807, 2.05) is 10.9 Å². The lowest BCUT2D eigenvalue weighted by molar-refractivity contribution is 0.687. The van der Waals surface area contributed by atoms with E-state index in [-0.39, 0.29) is 0 Å². The maximum atomic E-state index is 4.43. The molecule has 0 atom stereocenters. The molecule has 0 spiro atoms. The lowest BCUT2D eigenvalue weighted by atomic mass is 10.1. The highest BCUT2D eigenvalue weighted by Gasteiger charge is 2.20. The van der Waals surface area contributed by atoms with Gasteiger partial charge in [0, 0.05) is 24.3 Å². The number of nitrogens with zero attached hydrogens (tertiary/aromatic N) is 2. The molecule has 3 nitrogen and oxygen atoms in total. The van der Waals surface area contributed by atoms with Gasteiger partial charge in [0.2, 0.25) is 0 Å². The van der Waals surface area contributed by atoms with Crippen molar-refractivity contribution in [1.29, 1.82) is 0 Å². The third-order valence-corrected chi connectivity index (χ3v) is 3.56. The van der Waals surface area contributed by atoms with Gasteiger partial charge >= 0.3 is 0 Å². The van der Waals surface area contributed by atoms with E-state index in [0.717, 1.165) is 18.3 Å². The zero-order chi connectivity index (χ0) is 12.5. The van der Waals surface area contributed by atoms with Crippen LogP contribution in [0.5, 0.6) is 0 Å². The van der Waals surface area contributed by atoms with Crippen molar-refractivity contribution in [2.75, 3.05) is 0 Å². The second-order valence-corrected chi connectivity index (χ2v) is 5.22. The predicted molar refractivity (Wildman–Crippen MR) is 72.9 cm³/mol. The van der Waals surface area contributed by atoms with Crippen molar-refractivity contribution in [2.45, 2.75) is 39.3 Å². The van der Waals surface area contributed by atoms with E-state index in [0.29, 0.717) is 0 Å². The van der Waals surface area contributed by atoms with Crippen LogP contribution in [0.3, 0.4) is 0 Å². The molecule has 1 saturated carbocycles. The summed E-state index contributed by atoms with van der Waals surface area (Å²) < 4.78 is 1.95. The van der Waals surface area contributed by atoms with Gasteiger partial charge in [-0.3, -0.25) is 0 Å². The molecule has 1 fully saturated rings. The van der Waals surface area contributed by atoms with E-state index in [9.17, 15) is 0 Å². The molecule has 1 heterocycles. The molecule has 18 heavy (non-hydrogen) atoms. The molecule has 3 heteroatoms. The Balaban J connectivity index is 1.76. The summed E-state index contributed by atoms with van der Waals surface area (Å²) >= 11 is 0. The monoisotopic (exact) mass is 241 g/mol. The van der Waals surface area contributed by atoms with E-state index in [2.05, 4.69) is 48.7 Å². The predicted octanol–water partition coefficient (Wildman–Crippen LogP) is 2.74. The molecule has 0 saturated heterocycles. The first-order valence-corrected chi connectivity index (χ1v) is 6.57. The van der Waals surface area contributed by atoms with E-state index < -0.39 is 0 Å². The maximum absolute atomic E-state index is 4.43. The highest BCUT2D eigenvalue weighted by molar-refractivity contribution is 5.39. The summed E-state index contributed by atoms with van der Waals surface area (Å²) in [6, 6.07) is 7.19. The second kappa shape index (κ2) is 4.58. The standard InChI is InChI=1S/C15H19N3/c1-11-3-6-15(7-12(11)2)18-10-13(9-17-18)8-16-14-4-5-14/h3,6-7,9-10,14,16H,4-5,8H2,1-2H3. The van der Waals surface area contributed by atoms with Crippen LogP contribution in [0.25, 0.3) is 5.69 Å². The Morgan fingerprint density at radius 1 is 1.28 bits per heavy atom. The van der Waals surface area contributed by atoms with E-state index in [1.54, 1.807) is 0 Å². The number of hydrogen-bond acceptors (Lipinski definition) is 2. The molecule has 1 N–H and O–H groups in total. The Kier molecular flexibility index (Phi) is 2.92. The van der Waals surface area contributed by atoms with Gasteiger partial charge in [-0.05, 0) is 49.9 Å². The summed E-state index contributed by atoms with van der Waals surface area (Å²) in [4.78, 5) is 0. The van der Waals surface area contributed by atoms with Crippen LogP contribution in [-0.4, -0.2) is 15.8 Å². The summed E-state index contributed by atoms with van der Waals surface area (Å²) in [5.74, 6) is 0. The SMILES string of the molecule is Cc1ccc(-n2cc(CNC3CC3)cn2)cc1C. The van der Waals surface area contributed by atoms with Crippen LogP contribution in [-0.2, 0) is 6.54 Å². The Morgan fingerprint density at radius 3 is 2.83 bits per heavy atom. The first kappa shape index (κ1) is 11.5. The lowest BCUT2D eigenvalue weighted by Gasteiger charge is -2.05. The van der Waals surface area contributed by atoms with Gasteiger partial charge in [0.25, 0.3) is 0 Å². The third-order valence-electron chi connectivity index (χ3n) is 3.56. The molecular weight excluding hydrogens is 222 g/mol. The van der Waals surface area contributed by atoms with Crippen molar-refractivity contribution in [3.63, 3.8) is 0 Å². The molecule has 1 aromatic heterocycles. The van der Waals surface area contributed by atoms with Crippen molar-refractivity contribution in [3.05, 3.63) is 47.3 Å². The molecule has 2 aromatic rings. The molecular formula is C15H19N3. The van der Waals surface area contributed by atoms with Gasteiger partial charge in [-0.1, -0.05) is 6.07 Å². The molecule has 0 unspecified atom stereocenters. The Hall–Kier alpha value is -1.61. The Bertz CT molecular complexity index is 553. The van der Waals surface area contributed by atoms with Gasteiger partial charge in [-0.25, -0.2) is 4.68 Å². The van der Waals surface area contributed by atoms with Gasteiger partial charge in [0.1, 0.15) is 0 Å². The van der Waals surface area contributed by atoms with Crippen LogP contribution >= 0.6 is 0 Å². The molecule has 0 radical (unpaired) electrons. The smallest absolute Gasteiger partial charge is 0.0648 e. The summed E-state index contributed by atoms with van der Waals surface area (Å²) in [5.41, 5.74) is 5.01. The fourth-order valence-electron chi connectivity index (χ4n) is 2.01. The maximum Gasteiger partial charge on any atom is 0.0648 e. The number of aryl methyl sites for hydroxylation is 2. The van der Waals surface area contributed by atoms with Crippen LogP contribution < -0.4 is 5.32 Å². The number of aromatic nitrogens is 2. The number of benzene rings is 1. The molecule has 0 aliphatic heterocycles. The second-order valence-electron chi connectivity index (χ2n) is 5.22. The van der Waals surface area contributed by atoms with Gasteiger partial charge in [-0.2, -0.15) is 5.10 Å². The summed E-state index contributed by atoms with van der Waals surface area (Å²) in [6.45, 7) is 5.20. The van der Waals surface area contributed by atoms with E-state index >= 15 is 0 Å². The minimum atomic E-state index is 0.745. The molecule has 0 amide bonds. The van der Waals surface area contributed by atoms with Gasteiger partial charge in [0.15, 0.2) is 0 Å². The van der Waals surface area contributed by atoms with Crippen LogP contribution in [0.15, 0.2) is 30.6 Å². The highest BCUT2D eigenvalue weighted by Crippen LogP contribution is 2.19. The Morgan fingerprint density at radius 2 is 2.11 bits per heavy atom. The van der Waals surface area contributed by atoms with Gasteiger partial charge < -0.3 is 5.32 Å². The van der Waals surface area contributed by atoms with E-state index in [1.165, 1.54) is 29.5 Å². The van der Waals surface area contributed by atoms with Gasteiger partial charge in [0.05, 0.1) is 11.9 Å². The van der Waals surface area contributed by atoms with Crippen LogP contribution in [0, 0.1) is 13.8 Å². The number of hydrogen-bond donors (Lipinski definition) is 1. The van der Waals surface area contributed by atoms with Crippen molar-refractivity contribution in [1.82, 2.24) is 15.1 Å². The van der Waals surface area contributed by atoms with Crippen molar-refractivity contribution >= 4 is 0 Å². The third kappa shape index (κ3) is 2.46. The molecule has 0 bridgehead atoms. The molecule has 1 aliphatic rings. The zero-order valence-electron chi connectivity index (χ0n) is 11.0. The summed E-state index contributed by atoms with van der Waals surface area (Å²) in [6.07, 6.45) is 6.71. The first-order chi connectivity index (χ1) is 8.72. The minimum Gasteiger partial charge on any atom is -0.310 e. The average Bonchev–Trinajstić information content (AvgIpc) is 3.08. The van der Waals surface area contributed by atoms with Crippen molar-refractivity contribution < 1.29 is 0 Å². The number of rotatable bonds is 4. The average molecular weight is 241 g/mol. The van der Waals surface area contributed by atoms with E-state index in [4.69, 9.17) is 0 Å².